The number of amides is 1. The van der Waals surface area contributed by atoms with E-state index in [1.54, 1.807) is 24.3 Å². The van der Waals surface area contributed by atoms with Crippen molar-refractivity contribution < 1.29 is 32.4 Å². The summed E-state index contributed by atoms with van der Waals surface area (Å²) in [5.41, 5.74) is 0.814. The number of hydrogen-bond acceptors (Lipinski definition) is 7. The summed E-state index contributed by atoms with van der Waals surface area (Å²) in [5.74, 6) is -1.53. The predicted molar refractivity (Wildman–Crippen MR) is 112 cm³/mol. The van der Waals surface area contributed by atoms with Crippen LogP contribution in [0, 0.1) is 15.9 Å². The molecule has 0 aliphatic heterocycles. The Bertz CT molecular complexity index is 1240. The molecule has 0 heterocycles. The van der Waals surface area contributed by atoms with Gasteiger partial charge in [0.2, 0.25) is 0 Å². The molecule has 0 radical (unpaired) electrons. The fourth-order valence-electron chi connectivity index (χ4n) is 2.78. The van der Waals surface area contributed by atoms with E-state index in [1.807, 2.05) is 4.72 Å². The topological polar surface area (TPSA) is 136 Å². The quantitative estimate of drug-likeness (QED) is 0.390. The first-order chi connectivity index (χ1) is 15.2. The van der Waals surface area contributed by atoms with E-state index in [4.69, 9.17) is 9.84 Å². The van der Waals surface area contributed by atoms with E-state index < -0.39 is 31.4 Å². The zero-order chi connectivity index (χ0) is 23.3. The number of sulfonamides is 1. The zero-order valence-corrected chi connectivity index (χ0v) is 17.2. The molecular weight excluding hydrogens is 443 g/mol. The van der Waals surface area contributed by atoms with E-state index in [-0.39, 0.29) is 30.3 Å². The van der Waals surface area contributed by atoms with Crippen molar-refractivity contribution in [1.82, 2.24) is 4.72 Å². The lowest BCUT2D eigenvalue weighted by Crippen LogP contribution is -2.30. The number of aliphatic hydroxyl groups is 1. The van der Waals surface area contributed by atoms with E-state index in [9.17, 15) is 27.7 Å². The number of nitrogens with one attached hydrogen (secondary N) is 1. The molecule has 0 atom stereocenters. The van der Waals surface area contributed by atoms with Gasteiger partial charge in [0.15, 0.2) is 5.75 Å². The Balaban J connectivity index is 1.80. The highest BCUT2D eigenvalue weighted by Crippen LogP contribution is 2.30. The standard InChI is InChI=1S/C21H17FN2O7S/c22-17-7-5-15(6-8-17)14-1-3-16(4-2-14)21(26)23-32(29,30)18-9-10-20(31-12-11-25)19(13-18)24(27)28/h1-10,13,25H,11-12H2,(H,23,26). The molecule has 3 rings (SSSR count). The summed E-state index contributed by atoms with van der Waals surface area (Å²) in [6.45, 7) is -0.592. The summed E-state index contributed by atoms with van der Waals surface area (Å²) in [5, 5.41) is 20.0. The maximum Gasteiger partial charge on any atom is 0.312 e. The normalized spacial score (nSPS) is 11.1. The molecule has 0 saturated heterocycles. The fourth-order valence-corrected chi connectivity index (χ4v) is 3.77. The summed E-state index contributed by atoms with van der Waals surface area (Å²) in [4.78, 5) is 22.3. The van der Waals surface area contributed by atoms with Gasteiger partial charge < -0.3 is 9.84 Å². The molecule has 3 aromatic rings. The molecule has 3 aromatic carbocycles. The molecule has 11 heteroatoms. The lowest BCUT2D eigenvalue weighted by molar-refractivity contribution is -0.386. The summed E-state index contributed by atoms with van der Waals surface area (Å²) in [7, 11) is -4.42. The van der Waals surface area contributed by atoms with Gasteiger partial charge in [-0.15, -0.1) is 0 Å². The highest BCUT2D eigenvalue weighted by molar-refractivity contribution is 7.90. The molecule has 0 fully saturated rings. The second kappa shape index (κ2) is 9.54. The third kappa shape index (κ3) is 5.25. The van der Waals surface area contributed by atoms with Crippen molar-refractivity contribution in [1.29, 1.82) is 0 Å². The number of halogens is 1. The van der Waals surface area contributed by atoms with Gasteiger partial charge in [0.05, 0.1) is 16.4 Å². The van der Waals surface area contributed by atoms with Gasteiger partial charge in [0.1, 0.15) is 12.4 Å². The highest BCUT2D eigenvalue weighted by atomic mass is 32.2. The lowest BCUT2D eigenvalue weighted by atomic mass is 10.0. The molecule has 1 amide bonds. The van der Waals surface area contributed by atoms with E-state index >= 15 is 0 Å². The second-order valence-electron chi connectivity index (χ2n) is 6.48. The molecule has 2 N–H and O–H groups in total. The van der Waals surface area contributed by atoms with Crippen molar-refractivity contribution in [2.24, 2.45) is 0 Å². The number of nitro benzene ring substituents is 1. The maximum absolute atomic E-state index is 13.1. The van der Waals surface area contributed by atoms with Gasteiger partial charge in [-0.1, -0.05) is 24.3 Å². The third-order valence-corrected chi connectivity index (χ3v) is 5.67. The van der Waals surface area contributed by atoms with Crippen molar-refractivity contribution in [3.05, 3.63) is 88.2 Å². The minimum atomic E-state index is -4.42. The largest absolute Gasteiger partial charge is 0.484 e. The summed E-state index contributed by atoms with van der Waals surface area (Å²) in [6, 6.07) is 14.6. The second-order valence-corrected chi connectivity index (χ2v) is 8.16. The molecule has 0 aliphatic carbocycles. The minimum absolute atomic E-state index is 0.0387. The van der Waals surface area contributed by atoms with Gasteiger partial charge >= 0.3 is 5.69 Å². The van der Waals surface area contributed by atoms with Crippen LogP contribution in [0.15, 0.2) is 71.6 Å². The van der Waals surface area contributed by atoms with Crippen LogP contribution in [-0.2, 0) is 10.0 Å². The molecule has 0 spiro atoms. The molecule has 9 nitrogen and oxygen atoms in total. The maximum atomic E-state index is 13.1. The first-order valence-corrected chi connectivity index (χ1v) is 10.6. The van der Waals surface area contributed by atoms with Gasteiger partial charge in [-0.05, 0) is 47.5 Å². The van der Waals surface area contributed by atoms with Crippen LogP contribution in [0.3, 0.4) is 0 Å². The average Bonchev–Trinajstić information content (AvgIpc) is 2.77. The molecule has 0 aromatic heterocycles. The van der Waals surface area contributed by atoms with E-state index in [0.717, 1.165) is 18.2 Å². The molecule has 0 aliphatic rings. The van der Waals surface area contributed by atoms with E-state index in [0.29, 0.717) is 11.1 Å². The SMILES string of the molecule is O=C(NS(=O)(=O)c1ccc(OCCO)c([N+](=O)[O-])c1)c1ccc(-c2ccc(F)cc2)cc1. The summed E-state index contributed by atoms with van der Waals surface area (Å²) < 4.78 is 45.1. The van der Waals surface area contributed by atoms with Crippen LogP contribution in [0.4, 0.5) is 10.1 Å². The number of nitro groups is 1. The highest BCUT2D eigenvalue weighted by Gasteiger charge is 2.24. The van der Waals surface area contributed by atoms with Crippen LogP contribution in [0.1, 0.15) is 10.4 Å². The number of carbonyl (C=O) groups excluding carboxylic acids is 1. The molecule has 32 heavy (non-hydrogen) atoms. The Morgan fingerprint density at radius 2 is 1.62 bits per heavy atom. The van der Waals surface area contributed by atoms with Gasteiger partial charge in [0.25, 0.3) is 15.9 Å². The molecule has 0 bridgehead atoms. The minimum Gasteiger partial charge on any atom is -0.484 e. The van der Waals surface area contributed by atoms with Crippen molar-refractivity contribution in [3.8, 4) is 16.9 Å². The number of nitrogens with zero attached hydrogens (tertiary/aromatic N) is 1. The monoisotopic (exact) mass is 460 g/mol. The van der Waals surface area contributed by atoms with Gasteiger partial charge in [0, 0.05) is 11.6 Å². The number of carbonyl (C=O) groups is 1. The Kier molecular flexibility index (Phi) is 6.81. The van der Waals surface area contributed by atoms with Gasteiger partial charge in [-0.3, -0.25) is 14.9 Å². The number of benzene rings is 3. The Morgan fingerprint density at radius 3 is 2.19 bits per heavy atom. The first kappa shape index (κ1) is 22.8. The van der Waals surface area contributed by atoms with E-state index in [1.165, 1.54) is 24.3 Å². The Morgan fingerprint density at radius 1 is 1.03 bits per heavy atom. The molecule has 0 saturated carbocycles. The van der Waals surface area contributed by atoms with Crippen LogP contribution in [0.25, 0.3) is 11.1 Å². The summed E-state index contributed by atoms with van der Waals surface area (Å²) in [6.07, 6.45) is 0. The van der Waals surface area contributed by atoms with Crippen LogP contribution in [0.2, 0.25) is 0 Å². The summed E-state index contributed by atoms with van der Waals surface area (Å²) >= 11 is 0. The molecule has 166 valence electrons. The van der Waals surface area contributed by atoms with Crippen molar-refractivity contribution in [2.45, 2.75) is 4.90 Å². The fraction of sp³-hybridized carbons (Fsp3) is 0.0952. The number of rotatable bonds is 8. The first-order valence-electron chi connectivity index (χ1n) is 9.16. The number of ether oxygens (including phenoxy) is 1. The van der Waals surface area contributed by atoms with Crippen LogP contribution >= 0.6 is 0 Å². The van der Waals surface area contributed by atoms with E-state index in [2.05, 4.69) is 0 Å². The van der Waals surface area contributed by atoms with Crippen LogP contribution < -0.4 is 9.46 Å². The number of hydrogen-bond donors (Lipinski definition) is 2. The third-order valence-electron chi connectivity index (χ3n) is 4.34. The Hall–Kier alpha value is -3.83. The Labute approximate surface area is 182 Å². The van der Waals surface area contributed by atoms with Crippen LogP contribution in [-0.4, -0.2) is 37.6 Å². The van der Waals surface area contributed by atoms with Gasteiger partial charge in [-0.25, -0.2) is 17.5 Å². The van der Waals surface area contributed by atoms with Crippen molar-refractivity contribution in [2.75, 3.05) is 13.2 Å². The average molecular weight is 460 g/mol. The van der Waals surface area contributed by atoms with Crippen molar-refractivity contribution in [3.63, 3.8) is 0 Å². The molecule has 0 unspecified atom stereocenters. The number of aliphatic hydroxyl groups excluding tert-OH is 1. The zero-order valence-electron chi connectivity index (χ0n) is 16.4. The van der Waals surface area contributed by atoms with Gasteiger partial charge in [-0.2, -0.15) is 0 Å². The predicted octanol–water partition coefficient (Wildman–Crippen LogP) is 2.89. The molecular formula is C21H17FN2O7S. The van der Waals surface area contributed by atoms with Crippen LogP contribution in [0.5, 0.6) is 5.75 Å². The lowest BCUT2D eigenvalue weighted by Gasteiger charge is -2.10. The van der Waals surface area contributed by atoms with Crippen molar-refractivity contribution >= 4 is 21.6 Å². The smallest absolute Gasteiger partial charge is 0.312 e.